The van der Waals surface area contributed by atoms with Gasteiger partial charge < -0.3 is 29.3 Å². The van der Waals surface area contributed by atoms with E-state index in [1.54, 1.807) is 31.2 Å². The highest BCUT2D eigenvalue weighted by Gasteiger charge is 2.44. The molecule has 1 aliphatic rings. The smallest absolute Gasteiger partial charge is 0.295 e. The Morgan fingerprint density at radius 2 is 1.73 bits per heavy atom. The number of Topliss-reactive ketones (excluding diaryl/α,β-unsaturated/α-hetero) is 1. The lowest BCUT2D eigenvalue weighted by Gasteiger charge is -2.22. The minimum atomic E-state index is -0.849. The van der Waals surface area contributed by atoms with Gasteiger partial charge in [-0.15, -0.1) is 0 Å². The number of hydrogen-bond donors (Lipinski definition) is 2. The van der Waals surface area contributed by atoms with Crippen LogP contribution in [0.15, 0.2) is 42.0 Å². The molecule has 1 aliphatic heterocycles. The zero-order valence-corrected chi connectivity index (χ0v) is 17.1. The summed E-state index contributed by atoms with van der Waals surface area (Å²) in [6, 6.07) is 8.39. The molecule has 158 valence electrons. The summed E-state index contributed by atoms with van der Waals surface area (Å²) in [6.45, 7) is 2.10. The molecule has 3 rings (SSSR count). The molecule has 1 unspecified atom stereocenters. The van der Waals surface area contributed by atoms with Gasteiger partial charge in [0, 0.05) is 12.6 Å². The first-order chi connectivity index (χ1) is 14.3. The van der Waals surface area contributed by atoms with Crippen molar-refractivity contribution in [3.63, 3.8) is 0 Å². The van der Waals surface area contributed by atoms with Gasteiger partial charge in [-0.25, -0.2) is 0 Å². The van der Waals surface area contributed by atoms with Crippen LogP contribution in [0.5, 0.6) is 23.0 Å². The van der Waals surface area contributed by atoms with Crippen LogP contribution in [0.3, 0.4) is 0 Å². The molecule has 8 heteroatoms. The Morgan fingerprint density at radius 3 is 2.37 bits per heavy atom. The van der Waals surface area contributed by atoms with Gasteiger partial charge in [0.15, 0.2) is 23.0 Å². The fourth-order valence-electron chi connectivity index (χ4n) is 3.45. The van der Waals surface area contributed by atoms with Crippen LogP contribution < -0.4 is 14.2 Å². The SMILES string of the molecule is CCOc1cc(C2/C(=C(/O)c3ccc(OC)c(OC)c3)C(=O)C(=O)N2C)ccc1O. The number of phenols is 1. The number of carbonyl (C=O) groups excluding carboxylic acids is 2. The van der Waals surface area contributed by atoms with Gasteiger partial charge in [0.05, 0.1) is 32.4 Å². The quantitative estimate of drug-likeness (QED) is 0.426. The first-order valence-corrected chi connectivity index (χ1v) is 9.26. The summed E-state index contributed by atoms with van der Waals surface area (Å²) in [5.74, 6) is -0.897. The molecule has 1 saturated heterocycles. The second kappa shape index (κ2) is 8.36. The Hall–Kier alpha value is -3.68. The maximum Gasteiger partial charge on any atom is 0.295 e. The van der Waals surface area contributed by atoms with E-state index < -0.39 is 17.7 Å². The number of ketones is 1. The van der Waals surface area contributed by atoms with Gasteiger partial charge in [-0.05, 0) is 42.8 Å². The molecule has 30 heavy (non-hydrogen) atoms. The van der Waals surface area contributed by atoms with E-state index in [4.69, 9.17) is 14.2 Å². The average molecular weight is 413 g/mol. The van der Waals surface area contributed by atoms with Gasteiger partial charge in [0.25, 0.3) is 11.7 Å². The zero-order valence-electron chi connectivity index (χ0n) is 17.1. The van der Waals surface area contributed by atoms with Crippen LogP contribution in [0.1, 0.15) is 24.1 Å². The van der Waals surface area contributed by atoms with E-state index >= 15 is 0 Å². The number of aromatic hydroxyl groups is 1. The van der Waals surface area contributed by atoms with Crippen molar-refractivity contribution in [1.29, 1.82) is 0 Å². The van der Waals surface area contributed by atoms with E-state index in [9.17, 15) is 19.8 Å². The second-order valence-electron chi connectivity index (χ2n) is 6.64. The van der Waals surface area contributed by atoms with Crippen LogP contribution >= 0.6 is 0 Å². The van der Waals surface area contributed by atoms with Crippen LogP contribution in [0.4, 0.5) is 0 Å². The summed E-state index contributed by atoms with van der Waals surface area (Å²) >= 11 is 0. The van der Waals surface area contributed by atoms with Gasteiger partial charge in [-0.1, -0.05) is 6.07 Å². The minimum Gasteiger partial charge on any atom is -0.507 e. The molecule has 1 fully saturated rings. The van der Waals surface area contributed by atoms with Crippen molar-refractivity contribution in [3.8, 4) is 23.0 Å². The molecule has 1 amide bonds. The minimum absolute atomic E-state index is 0.0615. The molecule has 0 saturated carbocycles. The van der Waals surface area contributed by atoms with Crippen molar-refractivity contribution in [2.24, 2.45) is 0 Å². The molecule has 1 atom stereocenters. The number of benzene rings is 2. The lowest BCUT2D eigenvalue weighted by molar-refractivity contribution is -0.139. The number of carbonyl (C=O) groups is 2. The van der Waals surface area contributed by atoms with E-state index in [1.807, 2.05) is 0 Å². The highest BCUT2D eigenvalue weighted by molar-refractivity contribution is 6.46. The molecule has 0 radical (unpaired) electrons. The van der Waals surface area contributed by atoms with Crippen LogP contribution in [-0.2, 0) is 9.59 Å². The summed E-state index contributed by atoms with van der Waals surface area (Å²) in [5.41, 5.74) is 0.746. The van der Waals surface area contributed by atoms with Crippen molar-refractivity contribution >= 4 is 17.4 Å². The Balaban J connectivity index is 2.17. The zero-order chi connectivity index (χ0) is 22.0. The Morgan fingerprint density at radius 1 is 1.03 bits per heavy atom. The third kappa shape index (κ3) is 3.52. The normalized spacial score (nSPS) is 17.9. The maximum atomic E-state index is 12.7. The van der Waals surface area contributed by atoms with Crippen molar-refractivity contribution in [2.75, 3.05) is 27.9 Å². The summed E-state index contributed by atoms with van der Waals surface area (Å²) in [5, 5.41) is 21.0. The first-order valence-electron chi connectivity index (χ1n) is 9.26. The molecule has 0 bridgehead atoms. The fraction of sp³-hybridized carbons (Fsp3) is 0.273. The molecule has 2 N–H and O–H groups in total. The Kier molecular flexibility index (Phi) is 5.86. The molecule has 0 aromatic heterocycles. The number of ether oxygens (including phenoxy) is 3. The Bertz CT molecular complexity index is 1030. The number of rotatable bonds is 6. The van der Waals surface area contributed by atoms with Crippen molar-refractivity contribution in [2.45, 2.75) is 13.0 Å². The molecular weight excluding hydrogens is 390 g/mol. The van der Waals surface area contributed by atoms with Crippen molar-refractivity contribution < 1.29 is 34.0 Å². The van der Waals surface area contributed by atoms with E-state index in [0.29, 0.717) is 29.2 Å². The number of nitrogens with zero attached hydrogens (tertiary/aromatic N) is 1. The molecular formula is C22H23NO7. The topological polar surface area (TPSA) is 106 Å². The maximum absolute atomic E-state index is 12.7. The number of hydrogen-bond acceptors (Lipinski definition) is 7. The largest absolute Gasteiger partial charge is 0.507 e. The number of amides is 1. The number of aliphatic hydroxyl groups is 1. The summed E-state index contributed by atoms with van der Waals surface area (Å²) in [6.07, 6.45) is 0. The predicted molar refractivity (Wildman–Crippen MR) is 109 cm³/mol. The van der Waals surface area contributed by atoms with Gasteiger partial charge in [0.2, 0.25) is 0 Å². The lowest BCUT2D eigenvalue weighted by Crippen LogP contribution is -2.24. The molecule has 0 aliphatic carbocycles. The fourth-order valence-corrected chi connectivity index (χ4v) is 3.45. The third-order valence-corrected chi connectivity index (χ3v) is 4.93. The van der Waals surface area contributed by atoms with Crippen LogP contribution in [0.25, 0.3) is 5.76 Å². The first kappa shape index (κ1) is 21.0. The monoisotopic (exact) mass is 413 g/mol. The highest BCUT2D eigenvalue weighted by Crippen LogP contribution is 2.41. The number of likely N-dealkylation sites (tertiary alicyclic amines) is 1. The summed E-state index contributed by atoms with van der Waals surface area (Å²) < 4.78 is 15.9. The van der Waals surface area contributed by atoms with Gasteiger partial charge in [-0.2, -0.15) is 0 Å². The van der Waals surface area contributed by atoms with Crippen LogP contribution in [0.2, 0.25) is 0 Å². The second-order valence-corrected chi connectivity index (χ2v) is 6.64. The number of likely N-dealkylation sites (N-methyl/N-ethyl adjacent to an activating group) is 1. The van der Waals surface area contributed by atoms with Crippen molar-refractivity contribution in [3.05, 3.63) is 53.1 Å². The molecule has 8 nitrogen and oxygen atoms in total. The van der Waals surface area contributed by atoms with Gasteiger partial charge in [0.1, 0.15) is 5.76 Å². The average Bonchev–Trinajstić information content (AvgIpc) is 2.98. The van der Waals surface area contributed by atoms with E-state index in [-0.39, 0.29) is 22.8 Å². The van der Waals surface area contributed by atoms with E-state index in [2.05, 4.69) is 0 Å². The molecule has 2 aromatic carbocycles. The molecule has 1 heterocycles. The number of phenolic OH excluding ortho intramolecular Hbond substituents is 1. The number of methoxy groups -OCH3 is 2. The standard InChI is InChI=1S/C22H23NO7/c1-5-30-16-10-12(6-8-14(16)24)19-18(21(26)22(27)23(19)2)20(25)13-7-9-15(28-3)17(11-13)29-4/h6-11,19,24-25H,5H2,1-4H3/b20-18-. The predicted octanol–water partition coefficient (Wildman–Crippen LogP) is 2.86. The molecule has 2 aromatic rings. The summed E-state index contributed by atoms with van der Waals surface area (Å²) in [7, 11) is 4.42. The third-order valence-electron chi connectivity index (χ3n) is 4.93. The van der Waals surface area contributed by atoms with Gasteiger partial charge >= 0.3 is 0 Å². The summed E-state index contributed by atoms with van der Waals surface area (Å²) in [4.78, 5) is 26.4. The Labute approximate surface area is 173 Å². The number of aliphatic hydroxyl groups excluding tert-OH is 1. The van der Waals surface area contributed by atoms with Crippen LogP contribution in [-0.4, -0.2) is 54.7 Å². The van der Waals surface area contributed by atoms with Crippen molar-refractivity contribution in [1.82, 2.24) is 4.90 Å². The van der Waals surface area contributed by atoms with Gasteiger partial charge in [-0.3, -0.25) is 9.59 Å². The van der Waals surface area contributed by atoms with E-state index in [0.717, 1.165) is 0 Å². The van der Waals surface area contributed by atoms with Crippen LogP contribution in [0, 0.1) is 0 Å². The lowest BCUT2D eigenvalue weighted by atomic mass is 9.95. The molecule has 0 spiro atoms. The highest BCUT2D eigenvalue weighted by atomic mass is 16.5. The van der Waals surface area contributed by atoms with E-state index in [1.165, 1.54) is 38.3 Å².